The van der Waals surface area contributed by atoms with Gasteiger partial charge in [-0.25, -0.2) is 29.5 Å². The van der Waals surface area contributed by atoms with Crippen molar-refractivity contribution in [3.63, 3.8) is 0 Å². The molecule has 10 aromatic heterocycles. The summed E-state index contributed by atoms with van der Waals surface area (Å²) in [5.74, 6) is -3.15. The Balaban J connectivity index is 0.809. The second kappa shape index (κ2) is 26.6. The van der Waals surface area contributed by atoms with Crippen LogP contribution in [0.5, 0.6) is 0 Å². The molecule has 0 atom stereocenters. The quantitative estimate of drug-likeness (QED) is 0.0952. The van der Waals surface area contributed by atoms with Gasteiger partial charge in [0.05, 0.1) is 93.1 Å². The number of carbonyl (C=O) groups is 4. The van der Waals surface area contributed by atoms with E-state index in [1.165, 1.54) is 23.0 Å². The fraction of sp³-hybridized carbons (Fsp3) is 0.0204. The molecule has 0 spiro atoms. The molecule has 16 nitrogen and oxygen atoms in total. The molecule has 1 aliphatic carbocycles. The van der Waals surface area contributed by atoms with Crippen molar-refractivity contribution in [1.82, 2.24) is 48.7 Å². The summed E-state index contributed by atoms with van der Waals surface area (Å²) in [5.41, 5.74) is 24.5. The number of nitrogens with one attached hydrogen (secondary N) is 4. The molecular weight excluding hydrogens is 1410 g/mol. The van der Waals surface area contributed by atoms with Gasteiger partial charge in [0, 0.05) is 101 Å². The SMILES string of the molecule is COC(=O)c1c2c(c3cc(-c4c5nc(c(-c6ccccc6)c6ccc([nH]6)c(-c6ccccc6)c6nc(c(-c7ccccc7)c7ccc4[nH]7)C=C6)C=C5)ccn13)C(=O)c1c(c(C(=O)OC)n3ccc(-c4c5nc(c(-c6ccccc6)c6ccc([nH]6)c(-c6ccccc6)c6nc(c(-c7ccccc7)c7ccc4[nH]7)C=C6)C=C5)cc13)C2=O. The zero-order valence-corrected chi connectivity index (χ0v) is 61.2. The molecule has 16 heteroatoms. The van der Waals surface area contributed by atoms with Crippen LogP contribution in [0.3, 0.4) is 0 Å². The van der Waals surface area contributed by atoms with Crippen molar-refractivity contribution in [2.45, 2.75) is 0 Å². The first-order valence-electron chi connectivity index (χ1n) is 37.4. The van der Waals surface area contributed by atoms with E-state index < -0.39 is 23.5 Å². The zero-order chi connectivity index (χ0) is 76.4. The molecule has 0 amide bonds. The minimum atomic E-state index is -0.883. The van der Waals surface area contributed by atoms with Gasteiger partial charge in [0.25, 0.3) is 0 Å². The smallest absolute Gasteiger partial charge is 0.355 e. The van der Waals surface area contributed by atoms with E-state index in [0.29, 0.717) is 56.1 Å². The molecule has 16 bridgehead atoms. The maximum absolute atomic E-state index is 16.8. The molecule has 5 aliphatic rings. The molecule has 6 aromatic carbocycles. The lowest BCUT2D eigenvalue weighted by molar-refractivity contribution is 0.0585. The highest BCUT2D eigenvalue weighted by atomic mass is 16.5. The summed E-state index contributed by atoms with van der Waals surface area (Å²) in [6.45, 7) is 0. The number of aromatic amines is 4. The van der Waals surface area contributed by atoms with Crippen molar-refractivity contribution in [2.24, 2.45) is 0 Å². The fourth-order valence-corrected chi connectivity index (χ4v) is 17.0. The van der Waals surface area contributed by atoms with Gasteiger partial charge in [0.15, 0.2) is 11.6 Å². The monoisotopic (exact) mass is 1470 g/mol. The van der Waals surface area contributed by atoms with Crippen molar-refractivity contribution < 1.29 is 28.7 Å². The van der Waals surface area contributed by atoms with Crippen molar-refractivity contribution in [1.29, 1.82) is 0 Å². The Morgan fingerprint density at radius 3 is 0.667 bits per heavy atom. The molecular formula is C98H62N10O6. The summed E-state index contributed by atoms with van der Waals surface area (Å²) in [4.78, 5) is 99.9. The van der Waals surface area contributed by atoms with E-state index in [9.17, 15) is 9.59 Å². The molecule has 0 fully saturated rings. The number of hydrogen-bond acceptors (Lipinski definition) is 10. The zero-order valence-electron chi connectivity index (χ0n) is 61.2. The van der Waals surface area contributed by atoms with Crippen LogP contribution in [0.15, 0.2) is 267 Å². The van der Waals surface area contributed by atoms with Crippen LogP contribution in [-0.4, -0.2) is 86.4 Å². The van der Waals surface area contributed by atoms with Crippen molar-refractivity contribution in [3.05, 3.63) is 346 Å². The number of ketones is 2. The average Bonchev–Trinajstić information content (AvgIpc) is 1.55. The Kier molecular flexibility index (Phi) is 15.5. The molecule has 14 heterocycles. The predicted molar refractivity (Wildman–Crippen MR) is 453 cm³/mol. The van der Waals surface area contributed by atoms with Crippen molar-refractivity contribution in [3.8, 4) is 89.0 Å². The normalized spacial score (nSPS) is 12.6. The third-order valence-corrected chi connectivity index (χ3v) is 22.0. The van der Waals surface area contributed by atoms with Crippen molar-refractivity contribution in [2.75, 3.05) is 14.2 Å². The van der Waals surface area contributed by atoms with Gasteiger partial charge < -0.3 is 38.2 Å². The number of hydrogen-bond donors (Lipinski definition) is 4. The van der Waals surface area contributed by atoms with Crippen LogP contribution < -0.4 is 0 Å². The number of methoxy groups -OCH3 is 2. The molecule has 16 aromatic rings. The number of pyridine rings is 2. The second-order valence-corrected chi connectivity index (χ2v) is 28.4. The van der Waals surface area contributed by atoms with Crippen LogP contribution >= 0.6 is 0 Å². The summed E-state index contributed by atoms with van der Waals surface area (Å²) in [7, 11) is 2.45. The largest absolute Gasteiger partial charge is 0.464 e. The first kappa shape index (κ1) is 66.5. The van der Waals surface area contributed by atoms with Gasteiger partial charge in [0.2, 0.25) is 0 Å². The molecule has 540 valence electrons. The minimum Gasteiger partial charge on any atom is -0.464 e. The van der Waals surface area contributed by atoms with Crippen LogP contribution in [0.2, 0.25) is 0 Å². The highest BCUT2D eigenvalue weighted by molar-refractivity contribution is 6.37. The molecule has 0 saturated heterocycles. The maximum Gasteiger partial charge on any atom is 0.355 e. The third kappa shape index (κ3) is 10.7. The van der Waals surface area contributed by atoms with Crippen molar-refractivity contribution >= 4 is 127 Å². The topological polar surface area (TPSA) is 210 Å². The number of esters is 2. The van der Waals surface area contributed by atoms with E-state index in [-0.39, 0.29) is 44.7 Å². The van der Waals surface area contributed by atoms with Gasteiger partial charge in [-0.15, -0.1) is 0 Å². The minimum absolute atomic E-state index is 0.0696. The summed E-state index contributed by atoms with van der Waals surface area (Å²) in [6.07, 6.45) is 19.6. The maximum atomic E-state index is 16.8. The highest BCUT2D eigenvalue weighted by Crippen LogP contribution is 2.46. The van der Waals surface area contributed by atoms with Crippen LogP contribution in [0, 0.1) is 0 Å². The molecule has 0 unspecified atom stereocenters. The Hall–Kier alpha value is -15.7. The summed E-state index contributed by atoms with van der Waals surface area (Å²) < 4.78 is 14.1. The van der Waals surface area contributed by atoms with Gasteiger partial charge >= 0.3 is 11.9 Å². The molecule has 0 radical (unpaired) electrons. The number of benzene rings is 6. The summed E-state index contributed by atoms with van der Waals surface area (Å²) in [6, 6.07) is 84.9. The number of fused-ring (bicyclic) bond motifs is 22. The molecule has 4 N–H and O–H groups in total. The van der Waals surface area contributed by atoms with E-state index in [1.807, 2.05) is 182 Å². The van der Waals surface area contributed by atoms with Gasteiger partial charge in [-0.05, 0) is 166 Å². The number of carbonyl (C=O) groups excluding carboxylic acids is 4. The van der Waals surface area contributed by atoms with E-state index in [2.05, 4.69) is 141 Å². The van der Waals surface area contributed by atoms with Crippen LogP contribution in [0.4, 0.5) is 0 Å². The van der Waals surface area contributed by atoms with Gasteiger partial charge in [-0.2, -0.15) is 0 Å². The Bertz CT molecular complexity index is 6850. The lowest BCUT2D eigenvalue weighted by Crippen LogP contribution is -2.23. The Morgan fingerprint density at radius 1 is 0.254 bits per heavy atom. The number of H-pyrrole nitrogens is 4. The lowest BCUT2D eigenvalue weighted by Gasteiger charge is -2.13. The van der Waals surface area contributed by atoms with E-state index >= 15 is 9.59 Å². The first-order chi connectivity index (χ1) is 56.1. The molecule has 21 rings (SSSR count). The summed E-state index contributed by atoms with van der Waals surface area (Å²) in [5, 5.41) is 0. The van der Waals surface area contributed by atoms with Crippen LogP contribution in [0.1, 0.15) is 98.4 Å². The highest BCUT2D eigenvalue weighted by Gasteiger charge is 2.44. The van der Waals surface area contributed by atoms with E-state index in [1.54, 1.807) is 12.4 Å². The van der Waals surface area contributed by atoms with Gasteiger partial charge in [-0.3, -0.25) is 9.59 Å². The Morgan fingerprint density at radius 2 is 0.456 bits per heavy atom. The van der Waals surface area contributed by atoms with E-state index in [4.69, 9.17) is 29.4 Å². The number of aromatic nitrogens is 10. The fourth-order valence-electron chi connectivity index (χ4n) is 17.0. The Labute approximate surface area is 650 Å². The molecule has 4 aliphatic heterocycles. The predicted octanol–water partition coefficient (Wildman–Crippen LogP) is 21.8. The molecule has 0 saturated carbocycles. The van der Waals surface area contributed by atoms with Crippen LogP contribution in [0.25, 0.3) is 193 Å². The number of ether oxygens (including phenoxy) is 2. The van der Waals surface area contributed by atoms with Crippen LogP contribution in [-0.2, 0) is 9.47 Å². The summed E-state index contributed by atoms with van der Waals surface area (Å²) >= 11 is 0. The number of rotatable bonds is 10. The molecule has 114 heavy (non-hydrogen) atoms. The second-order valence-electron chi connectivity index (χ2n) is 28.4. The first-order valence-corrected chi connectivity index (χ1v) is 37.4. The number of nitrogens with zero attached hydrogens (tertiary/aromatic N) is 6. The average molecular weight is 1480 g/mol. The van der Waals surface area contributed by atoms with Gasteiger partial charge in [-0.1, -0.05) is 182 Å². The standard InChI is InChI=1S/C98H62N10O6/c1-113-97(111)93-91-89(79-53-61(49-51-107(79)93)87-75-45-41-71(103-75)83(57-25-13-5-14-26-57)67-37-33-63(99-67)81(55-21-9-3-10-22-55)64-34-38-68(100-64)84(58-27-15-6-16-28-58)72-42-46-76(87)104-72)95(109)90-80-54-62(50-52-108(80)94(98(112)114-2)92(90)96(91)110)88-77-47-43-73(105-77)85(59-29-17-7-18-30-59)69-39-35-65(101-69)82(56-23-11-4-12-24-56)66-36-40-70(102-66)86(60-31-19-8-20-32-60)74-44-48-78(88)106-74/h3-54,99,101,104,106H,1-2H3. The third-order valence-electron chi connectivity index (χ3n) is 22.0. The van der Waals surface area contributed by atoms with Gasteiger partial charge in [0.1, 0.15) is 11.4 Å². The lowest BCUT2D eigenvalue weighted by atomic mass is 9.84. The van der Waals surface area contributed by atoms with E-state index in [0.717, 1.165) is 123 Å².